The Labute approximate surface area is 108 Å². The Balaban J connectivity index is 2.32. The molecule has 0 aliphatic rings. The monoisotopic (exact) mass is 244 g/mol. The minimum absolute atomic E-state index is 0.753. The summed E-state index contributed by atoms with van der Waals surface area (Å²) in [5.41, 5.74) is 0. The minimum Gasteiger partial charge on any atom is -0.494 e. The van der Waals surface area contributed by atoms with Crippen molar-refractivity contribution in [3.05, 3.63) is 30.5 Å². The Morgan fingerprint density at radius 2 is 2.06 bits per heavy atom. The van der Waals surface area contributed by atoms with Crippen LogP contribution in [0.25, 0.3) is 10.8 Å². The summed E-state index contributed by atoms with van der Waals surface area (Å²) in [4.78, 5) is 4.40. The van der Waals surface area contributed by atoms with Crippen LogP contribution in [0.2, 0.25) is 0 Å². The maximum Gasteiger partial charge on any atom is 0.133 e. The smallest absolute Gasteiger partial charge is 0.133 e. The lowest BCUT2D eigenvalue weighted by molar-refractivity contribution is 0.318. The fourth-order valence-corrected chi connectivity index (χ4v) is 1.84. The fourth-order valence-electron chi connectivity index (χ4n) is 1.84. The Morgan fingerprint density at radius 1 is 1.17 bits per heavy atom. The predicted octanol–water partition coefficient (Wildman–Crippen LogP) is 3.85. The van der Waals surface area contributed by atoms with E-state index in [0.29, 0.717) is 0 Å². The van der Waals surface area contributed by atoms with Crippen molar-refractivity contribution >= 4 is 16.6 Å². The summed E-state index contributed by atoms with van der Waals surface area (Å²) >= 11 is 0. The second-order valence-electron chi connectivity index (χ2n) is 4.32. The van der Waals surface area contributed by atoms with Crippen molar-refractivity contribution in [1.82, 2.24) is 4.98 Å². The van der Waals surface area contributed by atoms with Crippen molar-refractivity contribution in [1.29, 1.82) is 0 Å². The molecule has 0 fully saturated rings. The van der Waals surface area contributed by atoms with Crippen LogP contribution in [0.5, 0.6) is 5.75 Å². The molecule has 1 aromatic heterocycles. The standard InChI is InChI=1S/C15H20N2O/c1-3-8-16-15-14-11-13(18-10-4-2)6-5-12(14)7-9-17-15/h5-7,9,11H,3-4,8,10H2,1-2H3,(H,16,17). The molecule has 2 aromatic rings. The molecule has 0 bridgehead atoms. The number of nitrogens with zero attached hydrogens (tertiary/aromatic N) is 1. The summed E-state index contributed by atoms with van der Waals surface area (Å²) in [6.07, 6.45) is 3.95. The van der Waals surface area contributed by atoms with E-state index in [0.717, 1.165) is 42.9 Å². The van der Waals surface area contributed by atoms with Crippen LogP contribution in [0.15, 0.2) is 30.5 Å². The summed E-state index contributed by atoms with van der Waals surface area (Å²) in [6.45, 7) is 5.94. The maximum atomic E-state index is 5.67. The summed E-state index contributed by atoms with van der Waals surface area (Å²) in [5.74, 6) is 1.85. The lowest BCUT2D eigenvalue weighted by atomic mass is 10.1. The molecule has 2 rings (SSSR count). The van der Waals surface area contributed by atoms with Gasteiger partial charge in [0.25, 0.3) is 0 Å². The van der Waals surface area contributed by atoms with Gasteiger partial charge in [-0.2, -0.15) is 0 Å². The average molecular weight is 244 g/mol. The molecule has 1 heterocycles. The van der Waals surface area contributed by atoms with Gasteiger partial charge in [0.2, 0.25) is 0 Å². The zero-order chi connectivity index (χ0) is 12.8. The highest BCUT2D eigenvalue weighted by Crippen LogP contribution is 2.25. The van der Waals surface area contributed by atoms with Crippen LogP contribution < -0.4 is 10.1 Å². The van der Waals surface area contributed by atoms with Crippen LogP contribution in [0.3, 0.4) is 0 Å². The highest BCUT2D eigenvalue weighted by molar-refractivity contribution is 5.92. The van der Waals surface area contributed by atoms with Gasteiger partial charge in [0, 0.05) is 18.1 Å². The van der Waals surface area contributed by atoms with Crippen molar-refractivity contribution in [2.75, 3.05) is 18.5 Å². The van der Waals surface area contributed by atoms with E-state index >= 15 is 0 Å². The van der Waals surface area contributed by atoms with E-state index in [2.05, 4.69) is 36.3 Å². The molecule has 0 saturated carbocycles. The van der Waals surface area contributed by atoms with Gasteiger partial charge in [-0.05, 0) is 36.4 Å². The first-order chi connectivity index (χ1) is 8.85. The van der Waals surface area contributed by atoms with Crippen LogP contribution in [-0.2, 0) is 0 Å². The number of nitrogens with one attached hydrogen (secondary N) is 1. The molecule has 3 heteroatoms. The number of pyridine rings is 1. The predicted molar refractivity (Wildman–Crippen MR) is 76.3 cm³/mol. The SMILES string of the molecule is CCCNc1nccc2ccc(OCCC)cc12. The van der Waals surface area contributed by atoms with Gasteiger partial charge in [-0.15, -0.1) is 0 Å². The third-order valence-electron chi connectivity index (χ3n) is 2.75. The molecule has 96 valence electrons. The molecule has 0 saturated heterocycles. The summed E-state index contributed by atoms with van der Waals surface area (Å²) < 4.78 is 5.67. The average Bonchev–Trinajstić information content (AvgIpc) is 2.42. The Hall–Kier alpha value is -1.77. The maximum absolute atomic E-state index is 5.67. The summed E-state index contributed by atoms with van der Waals surface area (Å²) in [6, 6.07) is 8.19. The molecule has 0 aliphatic carbocycles. The molecule has 0 spiro atoms. The molecule has 1 N–H and O–H groups in total. The van der Waals surface area contributed by atoms with Crippen LogP contribution in [0.1, 0.15) is 26.7 Å². The van der Waals surface area contributed by atoms with Crippen molar-refractivity contribution in [3.8, 4) is 5.75 Å². The molecule has 1 aromatic carbocycles. The van der Waals surface area contributed by atoms with Gasteiger partial charge < -0.3 is 10.1 Å². The molecule has 0 aliphatic heterocycles. The van der Waals surface area contributed by atoms with Gasteiger partial charge in [0.15, 0.2) is 0 Å². The number of aromatic nitrogens is 1. The fraction of sp³-hybridized carbons (Fsp3) is 0.400. The number of anilines is 1. The minimum atomic E-state index is 0.753. The third-order valence-corrected chi connectivity index (χ3v) is 2.75. The van der Waals surface area contributed by atoms with Crippen LogP contribution in [-0.4, -0.2) is 18.1 Å². The van der Waals surface area contributed by atoms with Gasteiger partial charge in [-0.1, -0.05) is 19.9 Å². The first kappa shape index (κ1) is 12.7. The highest BCUT2D eigenvalue weighted by Gasteiger charge is 2.03. The topological polar surface area (TPSA) is 34.2 Å². The Kier molecular flexibility index (Phi) is 4.40. The first-order valence-electron chi connectivity index (χ1n) is 6.60. The van der Waals surface area contributed by atoms with E-state index in [1.807, 2.05) is 18.3 Å². The number of benzene rings is 1. The largest absolute Gasteiger partial charge is 0.494 e. The summed E-state index contributed by atoms with van der Waals surface area (Å²) in [7, 11) is 0. The second kappa shape index (κ2) is 6.24. The van der Waals surface area contributed by atoms with Crippen LogP contribution in [0, 0.1) is 0 Å². The number of fused-ring (bicyclic) bond motifs is 1. The number of rotatable bonds is 6. The molecule has 3 nitrogen and oxygen atoms in total. The molecule has 18 heavy (non-hydrogen) atoms. The summed E-state index contributed by atoms with van der Waals surface area (Å²) in [5, 5.41) is 5.67. The lowest BCUT2D eigenvalue weighted by Gasteiger charge is -2.10. The molecular weight excluding hydrogens is 224 g/mol. The van der Waals surface area contributed by atoms with E-state index in [4.69, 9.17) is 4.74 Å². The third kappa shape index (κ3) is 2.92. The van der Waals surface area contributed by atoms with E-state index in [-0.39, 0.29) is 0 Å². The second-order valence-corrected chi connectivity index (χ2v) is 4.32. The highest BCUT2D eigenvalue weighted by atomic mass is 16.5. The normalized spacial score (nSPS) is 10.6. The van der Waals surface area contributed by atoms with Gasteiger partial charge in [0.05, 0.1) is 6.61 Å². The molecule has 0 radical (unpaired) electrons. The van der Waals surface area contributed by atoms with Crippen molar-refractivity contribution in [3.63, 3.8) is 0 Å². The quantitative estimate of drug-likeness (QED) is 0.838. The van der Waals surface area contributed by atoms with Gasteiger partial charge in [-0.25, -0.2) is 4.98 Å². The molecule has 0 amide bonds. The van der Waals surface area contributed by atoms with E-state index in [9.17, 15) is 0 Å². The van der Waals surface area contributed by atoms with E-state index < -0.39 is 0 Å². The van der Waals surface area contributed by atoms with Gasteiger partial charge in [0.1, 0.15) is 11.6 Å². The Bertz CT molecular complexity index is 511. The number of hydrogen-bond donors (Lipinski definition) is 1. The van der Waals surface area contributed by atoms with Crippen molar-refractivity contribution in [2.45, 2.75) is 26.7 Å². The zero-order valence-corrected chi connectivity index (χ0v) is 11.1. The number of hydrogen-bond acceptors (Lipinski definition) is 3. The van der Waals surface area contributed by atoms with Gasteiger partial charge in [-0.3, -0.25) is 0 Å². The van der Waals surface area contributed by atoms with Crippen molar-refractivity contribution < 1.29 is 4.74 Å². The van der Waals surface area contributed by atoms with Crippen molar-refractivity contribution in [2.24, 2.45) is 0 Å². The van der Waals surface area contributed by atoms with Gasteiger partial charge >= 0.3 is 0 Å². The van der Waals surface area contributed by atoms with E-state index in [1.54, 1.807) is 0 Å². The number of ether oxygens (including phenoxy) is 1. The molecule has 0 unspecified atom stereocenters. The zero-order valence-electron chi connectivity index (χ0n) is 11.1. The van der Waals surface area contributed by atoms with Crippen LogP contribution >= 0.6 is 0 Å². The first-order valence-corrected chi connectivity index (χ1v) is 6.60. The molecular formula is C15H20N2O. The Morgan fingerprint density at radius 3 is 2.83 bits per heavy atom. The van der Waals surface area contributed by atoms with Crippen LogP contribution in [0.4, 0.5) is 5.82 Å². The molecule has 0 atom stereocenters. The lowest BCUT2D eigenvalue weighted by Crippen LogP contribution is -2.02. The van der Waals surface area contributed by atoms with E-state index in [1.165, 1.54) is 5.39 Å².